The summed E-state index contributed by atoms with van der Waals surface area (Å²) < 4.78 is 17.6. The first-order valence-corrected chi connectivity index (χ1v) is 6.41. The normalized spacial score (nSPS) is 15.1. The maximum absolute atomic E-state index is 13.7. The van der Waals surface area contributed by atoms with Gasteiger partial charge in [0.1, 0.15) is 11.5 Å². The van der Waals surface area contributed by atoms with Crippen molar-refractivity contribution in [1.82, 2.24) is 14.9 Å². The lowest BCUT2D eigenvalue weighted by atomic mass is 10.1. The van der Waals surface area contributed by atoms with E-state index in [-0.39, 0.29) is 5.82 Å². The molecule has 1 aliphatic rings. The molecule has 1 saturated carbocycles. The number of aromatic nitrogens is 2. The first kappa shape index (κ1) is 10.8. The molecule has 1 aromatic carbocycles. The molecular weight excluding hydrogens is 237 g/mol. The van der Waals surface area contributed by atoms with Crippen molar-refractivity contribution >= 4 is 11.5 Å². The standard InChI is InChI=1S/C12H12FN3S/c13-10-4-2-1-3-9(10)12-11(17-16-15-12)7-14-8-5-6-8/h1-4,8,14H,5-7H2. The smallest absolute Gasteiger partial charge is 0.132 e. The molecule has 1 N–H and O–H groups in total. The second-order valence-corrected chi connectivity index (χ2v) is 5.02. The molecular formula is C12H12FN3S. The summed E-state index contributed by atoms with van der Waals surface area (Å²) in [5.41, 5.74) is 1.20. The highest BCUT2D eigenvalue weighted by molar-refractivity contribution is 7.05. The minimum absolute atomic E-state index is 0.243. The van der Waals surface area contributed by atoms with Gasteiger partial charge in [0.2, 0.25) is 0 Å². The van der Waals surface area contributed by atoms with Crippen LogP contribution in [-0.2, 0) is 6.54 Å². The number of nitrogens with one attached hydrogen (secondary N) is 1. The fraction of sp³-hybridized carbons (Fsp3) is 0.333. The predicted octanol–water partition coefficient (Wildman–Crippen LogP) is 2.60. The van der Waals surface area contributed by atoms with Gasteiger partial charge in [0.25, 0.3) is 0 Å². The van der Waals surface area contributed by atoms with Crippen molar-refractivity contribution in [2.75, 3.05) is 0 Å². The molecule has 88 valence electrons. The summed E-state index contributed by atoms with van der Waals surface area (Å²) in [6.45, 7) is 0.728. The quantitative estimate of drug-likeness (QED) is 0.905. The third kappa shape index (κ3) is 2.35. The molecule has 2 aromatic rings. The average molecular weight is 249 g/mol. The Labute approximate surface area is 103 Å². The number of nitrogens with zero attached hydrogens (tertiary/aromatic N) is 2. The van der Waals surface area contributed by atoms with Crippen LogP contribution in [0.15, 0.2) is 24.3 Å². The van der Waals surface area contributed by atoms with E-state index in [1.165, 1.54) is 30.4 Å². The number of hydrogen-bond acceptors (Lipinski definition) is 4. The highest BCUT2D eigenvalue weighted by atomic mass is 32.1. The maximum atomic E-state index is 13.7. The van der Waals surface area contributed by atoms with Crippen LogP contribution in [0, 0.1) is 5.82 Å². The van der Waals surface area contributed by atoms with Gasteiger partial charge in [0, 0.05) is 18.2 Å². The molecule has 3 nitrogen and oxygen atoms in total. The second-order valence-electron chi connectivity index (χ2n) is 4.18. The van der Waals surface area contributed by atoms with E-state index in [2.05, 4.69) is 14.9 Å². The maximum Gasteiger partial charge on any atom is 0.132 e. The summed E-state index contributed by atoms with van der Waals surface area (Å²) in [5.74, 6) is -0.243. The summed E-state index contributed by atoms with van der Waals surface area (Å²) >= 11 is 1.33. The molecule has 1 aromatic heterocycles. The zero-order chi connectivity index (χ0) is 11.7. The van der Waals surface area contributed by atoms with Crippen molar-refractivity contribution in [1.29, 1.82) is 0 Å². The van der Waals surface area contributed by atoms with E-state index < -0.39 is 0 Å². The van der Waals surface area contributed by atoms with Gasteiger partial charge in [0.05, 0.1) is 4.88 Å². The lowest BCUT2D eigenvalue weighted by Crippen LogP contribution is -2.14. The summed E-state index contributed by atoms with van der Waals surface area (Å²) in [4.78, 5) is 1.00. The zero-order valence-corrected chi connectivity index (χ0v) is 10.0. The van der Waals surface area contributed by atoms with Crippen LogP contribution in [0.1, 0.15) is 17.7 Å². The van der Waals surface area contributed by atoms with E-state index in [0.717, 1.165) is 11.4 Å². The molecule has 1 heterocycles. The monoisotopic (exact) mass is 249 g/mol. The van der Waals surface area contributed by atoms with E-state index in [4.69, 9.17) is 0 Å². The van der Waals surface area contributed by atoms with Crippen LogP contribution in [0.25, 0.3) is 11.3 Å². The third-order valence-electron chi connectivity index (χ3n) is 2.81. The van der Waals surface area contributed by atoms with Crippen LogP contribution in [0.2, 0.25) is 0 Å². The van der Waals surface area contributed by atoms with E-state index >= 15 is 0 Å². The van der Waals surface area contributed by atoms with Gasteiger partial charge >= 0.3 is 0 Å². The van der Waals surface area contributed by atoms with E-state index in [9.17, 15) is 4.39 Å². The van der Waals surface area contributed by atoms with Crippen molar-refractivity contribution in [3.8, 4) is 11.3 Å². The topological polar surface area (TPSA) is 37.8 Å². The Kier molecular flexibility index (Phi) is 2.86. The molecule has 0 atom stereocenters. The van der Waals surface area contributed by atoms with Crippen molar-refractivity contribution in [3.05, 3.63) is 35.0 Å². The van der Waals surface area contributed by atoms with Crippen molar-refractivity contribution in [2.24, 2.45) is 0 Å². The molecule has 1 fully saturated rings. The van der Waals surface area contributed by atoms with Gasteiger partial charge < -0.3 is 5.32 Å². The highest BCUT2D eigenvalue weighted by Crippen LogP contribution is 2.27. The highest BCUT2D eigenvalue weighted by Gasteiger charge is 2.22. The Morgan fingerprint density at radius 1 is 1.35 bits per heavy atom. The molecule has 1 aliphatic carbocycles. The fourth-order valence-electron chi connectivity index (χ4n) is 1.71. The fourth-order valence-corrected chi connectivity index (χ4v) is 2.31. The van der Waals surface area contributed by atoms with Gasteiger partial charge in [-0.15, -0.1) is 5.10 Å². The van der Waals surface area contributed by atoms with Crippen molar-refractivity contribution in [3.63, 3.8) is 0 Å². The molecule has 3 rings (SSSR count). The van der Waals surface area contributed by atoms with Crippen LogP contribution >= 0.6 is 11.5 Å². The first-order chi connectivity index (χ1) is 8.34. The second kappa shape index (κ2) is 4.50. The van der Waals surface area contributed by atoms with Gasteiger partial charge in [-0.25, -0.2) is 4.39 Å². The van der Waals surface area contributed by atoms with Gasteiger partial charge in [-0.2, -0.15) is 0 Å². The number of hydrogen-bond donors (Lipinski definition) is 1. The molecule has 0 unspecified atom stereocenters. The Bertz CT molecular complexity index is 522. The van der Waals surface area contributed by atoms with Crippen LogP contribution < -0.4 is 5.32 Å². The van der Waals surface area contributed by atoms with Crippen LogP contribution in [0.5, 0.6) is 0 Å². The molecule has 0 radical (unpaired) electrons. The van der Waals surface area contributed by atoms with Gasteiger partial charge in [0.15, 0.2) is 0 Å². The summed E-state index contributed by atoms with van der Waals surface area (Å²) in [6, 6.07) is 7.32. The van der Waals surface area contributed by atoms with Crippen molar-refractivity contribution in [2.45, 2.75) is 25.4 Å². The Morgan fingerprint density at radius 2 is 2.18 bits per heavy atom. The Balaban J connectivity index is 1.86. The molecule has 0 aliphatic heterocycles. The SMILES string of the molecule is Fc1ccccc1-c1nnsc1CNC1CC1. The Morgan fingerprint density at radius 3 is 2.94 bits per heavy atom. The minimum Gasteiger partial charge on any atom is -0.309 e. The summed E-state index contributed by atoms with van der Waals surface area (Å²) in [6.07, 6.45) is 2.47. The minimum atomic E-state index is -0.243. The lowest BCUT2D eigenvalue weighted by molar-refractivity contribution is 0.630. The average Bonchev–Trinajstić information content (AvgIpc) is 3.06. The number of rotatable bonds is 4. The summed E-state index contributed by atoms with van der Waals surface area (Å²) in [7, 11) is 0. The van der Waals surface area contributed by atoms with Crippen LogP contribution in [0.3, 0.4) is 0 Å². The van der Waals surface area contributed by atoms with E-state index in [1.807, 2.05) is 6.07 Å². The number of halogens is 1. The largest absolute Gasteiger partial charge is 0.309 e. The van der Waals surface area contributed by atoms with Gasteiger partial charge in [-0.1, -0.05) is 16.6 Å². The zero-order valence-electron chi connectivity index (χ0n) is 9.19. The molecule has 0 saturated heterocycles. The molecule has 0 amide bonds. The van der Waals surface area contributed by atoms with E-state index in [1.54, 1.807) is 12.1 Å². The predicted molar refractivity (Wildman–Crippen MR) is 65.2 cm³/mol. The third-order valence-corrected chi connectivity index (χ3v) is 3.53. The van der Waals surface area contributed by atoms with Crippen LogP contribution in [-0.4, -0.2) is 15.6 Å². The molecule has 0 bridgehead atoms. The number of benzene rings is 1. The molecule has 0 spiro atoms. The van der Waals surface area contributed by atoms with Crippen LogP contribution in [0.4, 0.5) is 4.39 Å². The van der Waals surface area contributed by atoms with Crippen molar-refractivity contribution < 1.29 is 4.39 Å². The Hall–Kier alpha value is -1.33. The first-order valence-electron chi connectivity index (χ1n) is 5.64. The van der Waals surface area contributed by atoms with E-state index in [0.29, 0.717) is 17.3 Å². The molecule has 5 heteroatoms. The lowest BCUT2D eigenvalue weighted by Gasteiger charge is -2.03. The molecule has 17 heavy (non-hydrogen) atoms. The van der Waals surface area contributed by atoms with Gasteiger partial charge in [-0.05, 0) is 36.5 Å². The summed E-state index contributed by atoms with van der Waals surface area (Å²) in [5, 5.41) is 7.43. The van der Waals surface area contributed by atoms with Gasteiger partial charge in [-0.3, -0.25) is 0 Å².